The zero-order chi connectivity index (χ0) is 4.50. The Labute approximate surface area is 62.0 Å². The van der Waals surface area contributed by atoms with Crippen molar-refractivity contribution >= 4 is 23.9 Å². The van der Waals surface area contributed by atoms with Crippen molar-refractivity contribution in [2.75, 3.05) is 0 Å². The van der Waals surface area contributed by atoms with Gasteiger partial charge in [0.05, 0.1) is 0 Å². The van der Waals surface area contributed by atoms with E-state index in [0.29, 0.717) is 0 Å². The third-order valence-corrected chi connectivity index (χ3v) is 0. The van der Waals surface area contributed by atoms with Crippen LogP contribution in [0.1, 0.15) is 1.43 Å². The first-order valence-electron chi connectivity index (χ1n) is 0.698. The quantitative estimate of drug-likeness (QED) is 0.271. The Balaban J connectivity index is -0.0000000267. The molecule has 0 radical (unpaired) electrons. The van der Waals surface area contributed by atoms with E-state index >= 15 is 0 Å². The molecule has 0 bridgehead atoms. The normalized spacial score (nSPS) is 8.29. The number of hydrogen-bond donors (Lipinski definition) is 2. The van der Waals surface area contributed by atoms with Crippen LogP contribution < -0.4 is 18.9 Å². The molecule has 0 aliphatic heterocycles. The number of hydrogen-bond acceptors (Lipinski definition) is 2. The van der Waals surface area contributed by atoms with E-state index in [4.69, 9.17) is 17.5 Å². The molecule has 0 unspecified atom stereocenters. The Kier molecular flexibility index (Phi) is 11.1. The van der Waals surface area contributed by atoms with Gasteiger partial charge in [-0.25, -0.2) is 0 Å². The molecule has 0 aromatic heterocycles. The minimum Gasteiger partial charge on any atom is -1.00 e. The molecule has 0 saturated carbocycles. The molecule has 4 nitrogen and oxygen atoms in total. The van der Waals surface area contributed by atoms with Gasteiger partial charge in [-0.05, 0) is 0 Å². The monoisotopic (exact) mass is 140 g/mol. The van der Waals surface area contributed by atoms with E-state index in [9.17, 15) is 0 Å². The van der Waals surface area contributed by atoms with E-state index in [1.807, 2.05) is 0 Å². The van der Waals surface area contributed by atoms with Crippen molar-refractivity contribution in [1.29, 1.82) is 0 Å². The topological polar surface area (TPSA) is 74.6 Å². The summed E-state index contributed by atoms with van der Waals surface area (Å²) >= 11 is 0. The minimum absolute atomic E-state index is 0. The van der Waals surface area contributed by atoms with Crippen molar-refractivity contribution in [1.82, 2.24) is 0 Å². The van der Waals surface area contributed by atoms with Gasteiger partial charge >= 0.3 is 29.3 Å². The van der Waals surface area contributed by atoms with Gasteiger partial charge in [-0.1, -0.05) is 0 Å². The van der Waals surface area contributed by atoms with Crippen molar-refractivity contribution in [3.05, 3.63) is 0 Å². The molecule has 7 heavy (non-hydrogen) atoms. The molecule has 0 amide bonds. The minimum atomic E-state index is -4.67. The standard InChI is InChI=1S/Li.H2O4S.H2S.H/c;1-5(2,3)4;;/h;(H2,1,2,3,4);1H2;/q+1;;;-1. The maximum Gasteiger partial charge on any atom is 1.00 e. The summed E-state index contributed by atoms with van der Waals surface area (Å²) in [6, 6.07) is 0. The molecule has 0 aromatic carbocycles. The van der Waals surface area contributed by atoms with Gasteiger partial charge in [0.1, 0.15) is 0 Å². The molecule has 2 N–H and O–H groups in total. The second kappa shape index (κ2) is 4.96. The molecule has 0 aliphatic rings. The van der Waals surface area contributed by atoms with Gasteiger partial charge < -0.3 is 1.43 Å². The maximum atomic E-state index is 8.74. The predicted molar refractivity (Wildman–Crippen MR) is 25.7 cm³/mol. The van der Waals surface area contributed by atoms with Gasteiger partial charge in [-0.15, -0.1) is 0 Å². The van der Waals surface area contributed by atoms with Crippen molar-refractivity contribution in [2.45, 2.75) is 0 Å². The van der Waals surface area contributed by atoms with Gasteiger partial charge in [-0.2, -0.15) is 21.9 Å². The predicted octanol–water partition coefficient (Wildman–Crippen LogP) is -3.42. The molecule has 0 rings (SSSR count). The van der Waals surface area contributed by atoms with Crippen LogP contribution in [-0.4, -0.2) is 17.5 Å². The first-order chi connectivity index (χ1) is 2.00. The van der Waals surface area contributed by atoms with Crippen LogP contribution in [0.15, 0.2) is 0 Å². The van der Waals surface area contributed by atoms with Crippen LogP contribution in [0.2, 0.25) is 0 Å². The summed E-state index contributed by atoms with van der Waals surface area (Å²) in [6.07, 6.45) is 0. The Morgan fingerprint density at radius 1 is 1.29 bits per heavy atom. The average molecular weight is 140 g/mol. The first-order valence-corrected chi connectivity index (χ1v) is 2.10. The van der Waals surface area contributed by atoms with E-state index in [-0.39, 0.29) is 33.8 Å². The molecular formula is H5LiO4S2. The largest absolute Gasteiger partial charge is 1.00 e. The van der Waals surface area contributed by atoms with Crippen LogP contribution in [0.4, 0.5) is 0 Å². The van der Waals surface area contributed by atoms with Gasteiger partial charge in [0.2, 0.25) is 0 Å². The van der Waals surface area contributed by atoms with Crippen LogP contribution in [0.3, 0.4) is 0 Å². The molecule has 0 saturated heterocycles. The van der Waals surface area contributed by atoms with Crippen LogP contribution in [0, 0.1) is 0 Å². The third kappa shape index (κ3) is 237. The summed E-state index contributed by atoms with van der Waals surface area (Å²) in [5, 5.41) is 0. The van der Waals surface area contributed by atoms with Gasteiger partial charge in [0.25, 0.3) is 0 Å². The molecule has 0 atom stereocenters. The molecule has 0 heterocycles. The van der Waals surface area contributed by atoms with E-state index in [1.165, 1.54) is 0 Å². The van der Waals surface area contributed by atoms with Crippen LogP contribution >= 0.6 is 13.5 Å². The van der Waals surface area contributed by atoms with Crippen LogP contribution in [0.25, 0.3) is 0 Å². The Morgan fingerprint density at radius 2 is 1.29 bits per heavy atom. The molecule has 0 aliphatic carbocycles. The Bertz CT molecular complexity index is 97.2. The van der Waals surface area contributed by atoms with Gasteiger partial charge in [0.15, 0.2) is 0 Å². The Hall–Kier alpha value is 0.817. The summed E-state index contributed by atoms with van der Waals surface area (Å²) in [7, 11) is -4.67. The summed E-state index contributed by atoms with van der Waals surface area (Å²) in [5.74, 6) is 0. The number of rotatable bonds is 0. The van der Waals surface area contributed by atoms with Crippen LogP contribution in [0.5, 0.6) is 0 Å². The summed E-state index contributed by atoms with van der Waals surface area (Å²) in [4.78, 5) is 0. The summed E-state index contributed by atoms with van der Waals surface area (Å²) in [5.41, 5.74) is 0. The maximum absolute atomic E-state index is 8.74. The molecule has 0 aromatic rings. The fraction of sp³-hybridized carbons (Fsp3) is 0. The van der Waals surface area contributed by atoms with E-state index in [1.54, 1.807) is 0 Å². The van der Waals surface area contributed by atoms with Crippen molar-refractivity contribution in [2.24, 2.45) is 0 Å². The zero-order valence-corrected chi connectivity index (χ0v) is 5.44. The molecule has 0 fully saturated rings. The van der Waals surface area contributed by atoms with Gasteiger partial charge in [-0.3, -0.25) is 9.11 Å². The third-order valence-electron chi connectivity index (χ3n) is 0. The second-order valence-electron chi connectivity index (χ2n) is 0.448. The van der Waals surface area contributed by atoms with E-state index in [0.717, 1.165) is 0 Å². The SMILES string of the molecule is O=S(=O)(O)O.S.[H-].[Li+]. The van der Waals surface area contributed by atoms with Crippen molar-refractivity contribution < 1.29 is 37.8 Å². The molecule has 7 heteroatoms. The van der Waals surface area contributed by atoms with Crippen molar-refractivity contribution in [3.8, 4) is 0 Å². The fourth-order valence-corrected chi connectivity index (χ4v) is 0. The average Bonchev–Trinajstić information content (AvgIpc) is 0.722. The van der Waals surface area contributed by atoms with E-state index in [2.05, 4.69) is 0 Å². The molecule has 42 valence electrons. The zero-order valence-electron chi connectivity index (χ0n) is 4.62. The first kappa shape index (κ1) is 15.7. The second-order valence-corrected chi connectivity index (χ2v) is 1.34. The van der Waals surface area contributed by atoms with Crippen LogP contribution in [-0.2, 0) is 10.4 Å². The Morgan fingerprint density at radius 3 is 1.29 bits per heavy atom. The smallest absolute Gasteiger partial charge is 1.00 e. The summed E-state index contributed by atoms with van der Waals surface area (Å²) in [6.45, 7) is 0. The molecule has 0 spiro atoms. The summed E-state index contributed by atoms with van der Waals surface area (Å²) < 4.78 is 31.6. The van der Waals surface area contributed by atoms with Crippen molar-refractivity contribution in [3.63, 3.8) is 0 Å². The fourth-order valence-electron chi connectivity index (χ4n) is 0. The molecular weight excluding hydrogens is 135 g/mol. The van der Waals surface area contributed by atoms with Gasteiger partial charge in [0, 0.05) is 0 Å². The van der Waals surface area contributed by atoms with E-state index < -0.39 is 10.4 Å².